The summed E-state index contributed by atoms with van der Waals surface area (Å²) in [7, 11) is 0. The molecule has 1 amide bonds. The normalized spacial score (nSPS) is 27.1. The van der Waals surface area contributed by atoms with Gasteiger partial charge in [-0.1, -0.05) is 30.3 Å². The van der Waals surface area contributed by atoms with Gasteiger partial charge in [-0.15, -0.1) is 12.4 Å². The van der Waals surface area contributed by atoms with Crippen molar-refractivity contribution in [2.45, 2.75) is 44.6 Å². The number of ether oxygens (including phenoxy) is 1. The topological polar surface area (TPSA) is 64.4 Å². The minimum absolute atomic E-state index is 0. The molecule has 0 heterocycles. The zero-order chi connectivity index (χ0) is 16.8. The van der Waals surface area contributed by atoms with Crippen molar-refractivity contribution in [3.63, 3.8) is 0 Å². The van der Waals surface area contributed by atoms with Gasteiger partial charge < -0.3 is 15.8 Å². The molecule has 1 aromatic rings. The lowest BCUT2D eigenvalue weighted by molar-refractivity contribution is -0.127. The maximum atomic E-state index is 12.3. The number of fused-ring (bicyclic) bond motifs is 2. The highest BCUT2D eigenvalue weighted by Gasteiger charge is 2.48. The molecule has 0 radical (unpaired) electrons. The van der Waals surface area contributed by atoms with Gasteiger partial charge in [-0.25, -0.2) is 0 Å². The second-order valence-corrected chi connectivity index (χ2v) is 7.28. The van der Waals surface area contributed by atoms with Crippen molar-refractivity contribution in [2.75, 3.05) is 19.8 Å². The second-order valence-electron chi connectivity index (χ2n) is 7.28. The van der Waals surface area contributed by atoms with Gasteiger partial charge in [0.15, 0.2) is 0 Å². The number of unbranched alkanes of at least 4 members (excludes halogenated alkanes) is 1. The lowest BCUT2D eigenvalue weighted by Crippen LogP contribution is -2.45. The van der Waals surface area contributed by atoms with E-state index in [1.54, 1.807) is 0 Å². The summed E-state index contributed by atoms with van der Waals surface area (Å²) in [5.74, 6) is 1.36. The minimum Gasteiger partial charge on any atom is -0.381 e. The molecule has 140 valence electrons. The van der Waals surface area contributed by atoms with Crippen molar-refractivity contribution >= 4 is 18.3 Å². The number of hydrogen-bond donors (Lipinski definition) is 2. The van der Waals surface area contributed by atoms with Crippen LogP contribution in [0.2, 0.25) is 0 Å². The summed E-state index contributed by atoms with van der Waals surface area (Å²) in [4.78, 5) is 12.3. The molecule has 4 atom stereocenters. The molecule has 4 nitrogen and oxygen atoms in total. The lowest BCUT2D eigenvalue weighted by Gasteiger charge is -2.27. The Morgan fingerprint density at radius 3 is 2.60 bits per heavy atom. The highest BCUT2D eigenvalue weighted by atomic mass is 35.5. The SMILES string of the molecule is Cl.NC1C2CCC(C2)C1C(=O)NCCCCOCCc1ccccc1. The Bertz CT molecular complexity index is 524. The molecule has 2 fully saturated rings. The summed E-state index contributed by atoms with van der Waals surface area (Å²) in [6.07, 6.45) is 6.47. The van der Waals surface area contributed by atoms with Gasteiger partial charge in [0.1, 0.15) is 0 Å². The Kier molecular flexibility index (Phi) is 8.20. The summed E-state index contributed by atoms with van der Waals surface area (Å²) in [6.45, 7) is 2.26. The van der Waals surface area contributed by atoms with Crippen molar-refractivity contribution in [3.8, 4) is 0 Å². The van der Waals surface area contributed by atoms with Crippen LogP contribution in [0.15, 0.2) is 30.3 Å². The third kappa shape index (κ3) is 5.44. The average molecular weight is 367 g/mol. The molecule has 1 aromatic carbocycles. The quantitative estimate of drug-likeness (QED) is 0.660. The smallest absolute Gasteiger partial charge is 0.224 e. The summed E-state index contributed by atoms with van der Waals surface area (Å²) < 4.78 is 5.67. The van der Waals surface area contributed by atoms with Crippen LogP contribution < -0.4 is 11.1 Å². The first-order chi connectivity index (χ1) is 11.8. The van der Waals surface area contributed by atoms with Crippen molar-refractivity contribution < 1.29 is 9.53 Å². The maximum absolute atomic E-state index is 12.3. The van der Waals surface area contributed by atoms with E-state index in [1.807, 2.05) is 6.07 Å². The first-order valence-corrected chi connectivity index (χ1v) is 9.40. The van der Waals surface area contributed by atoms with E-state index in [4.69, 9.17) is 10.5 Å². The molecule has 4 unspecified atom stereocenters. The van der Waals surface area contributed by atoms with Crippen molar-refractivity contribution in [1.29, 1.82) is 0 Å². The summed E-state index contributed by atoms with van der Waals surface area (Å²) in [5, 5.41) is 3.08. The largest absolute Gasteiger partial charge is 0.381 e. The number of amides is 1. The van der Waals surface area contributed by atoms with Crippen LogP contribution in [0.1, 0.15) is 37.7 Å². The second kappa shape index (κ2) is 10.1. The Hall–Kier alpha value is -1.10. The molecule has 0 spiro atoms. The van der Waals surface area contributed by atoms with Crippen LogP contribution in [0.4, 0.5) is 0 Å². The van der Waals surface area contributed by atoms with Crippen LogP contribution in [-0.4, -0.2) is 31.7 Å². The molecular weight excluding hydrogens is 336 g/mol. The van der Waals surface area contributed by atoms with E-state index in [-0.39, 0.29) is 30.3 Å². The fraction of sp³-hybridized carbons (Fsp3) is 0.650. The fourth-order valence-corrected chi connectivity index (χ4v) is 4.32. The highest BCUT2D eigenvalue weighted by molar-refractivity contribution is 5.85. The highest BCUT2D eigenvalue weighted by Crippen LogP contribution is 2.47. The summed E-state index contributed by atoms with van der Waals surface area (Å²) >= 11 is 0. The first-order valence-electron chi connectivity index (χ1n) is 9.40. The average Bonchev–Trinajstić information content (AvgIpc) is 3.19. The Morgan fingerprint density at radius 1 is 1.12 bits per heavy atom. The zero-order valence-electron chi connectivity index (χ0n) is 14.9. The molecule has 0 aliphatic heterocycles. The van der Waals surface area contributed by atoms with Crippen molar-refractivity contribution in [1.82, 2.24) is 5.32 Å². The standard InChI is InChI=1S/C20H30N2O2.ClH/c21-19-17-9-8-16(14-17)18(19)20(23)22-11-4-5-12-24-13-10-15-6-2-1-3-7-15;/h1-3,6-7,16-19H,4-5,8-14,21H2,(H,22,23);1H. The van der Waals surface area contributed by atoms with E-state index in [1.165, 1.54) is 18.4 Å². The Balaban J connectivity index is 0.00000225. The number of hydrogen-bond acceptors (Lipinski definition) is 3. The van der Waals surface area contributed by atoms with Gasteiger partial charge in [-0.3, -0.25) is 4.79 Å². The predicted octanol–water partition coefficient (Wildman–Crippen LogP) is 2.94. The van der Waals surface area contributed by atoms with Gasteiger partial charge in [-0.05, 0) is 55.9 Å². The maximum Gasteiger partial charge on any atom is 0.224 e. The number of carbonyl (C=O) groups excluding carboxylic acids is 1. The van der Waals surface area contributed by atoms with E-state index < -0.39 is 0 Å². The van der Waals surface area contributed by atoms with E-state index in [9.17, 15) is 4.79 Å². The fourth-order valence-electron chi connectivity index (χ4n) is 4.32. The number of carbonyl (C=O) groups is 1. The molecule has 0 saturated heterocycles. The van der Waals surface area contributed by atoms with Crippen LogP contribution in [0.5, 0.6) is 0 Å². The third-order valence-electron chi connectivity index (χ3n) is 5.68. The van der Waals surface area contributed by atoms with Crippen LogP contribution >= 0.6 is 12.4 Å². The molecule has 5 heteroatoms. The van der Waals surface area contributed by atoms with E-state index in [0.717, 1.165) is 45.4 Å². The summed E-state index contributed by atoms with van der Waals surface area (Å²) in [6, 6.07) is 10.5. The third-order valence-corrected chi connectivity index (χ3v) is 5.68. The monoisotopic (exact) mass is 366 g/mol. The Labute approximate surface area is 157 Å². The predicted molar refractivity (Wildman–Crippen MR) is 103 cm³/mol. The molecular formula is C20H31ClN2O2. The van der Waals surface area contributed by atoms with Crippen molar-refractivity contribution in [3.05, 3.63) is 35.9 Å². The van der Waals surface area contributed by atoms with Crippen LogP contribution in [-0.2, 0) is 16.0 Å². The number of nitrogens with one attached hydrogen (secondary N) is 1. The van der Waals surface area contributed by atoms with Gasteiger partial charge in [-0.2, -0.15) is 0 Å². The van der Waals surface area contributed by atoms with E-state index in [0.29, 0.717) is 11.8 Å². The Morgan fingerprint density at radius 2 is 1.88 bits per heavy atom. The number of benzene rings is 1. The van der Waals surface area contributed by atoms with Gasteiger partial charge in [0.25, 0.3) is 0 Å². The van der Waals surface area contributed by atoms with Gasteiger partial charge in [0, 0.05) is 19.2 Å². The molecule has 0 aromatic heterocycles. The van der Waals surface area contributed by atoms with Gasteiger partial charge in [0.05, 0.1) is 12.5 Å². The summed E-state index contributed by atoms with van der Waals surface area (Å²) in [5.41, 5.74) is 7.53. The molecule has 3 N–H and O–H groups in total. The number of rotatable bonds is 9. The molecule has 2 bridgehead atoms. The van der Waals surface area contributed by atoms with Gasteiger partial charge >= 0.3 is 0 Å². The van der Waals surface area contributed by atoms with Crippen LogP contribution in [0.3, 0.4) is 0 Å². The lowest BCUT2D eigenvalue weighted by atomic mass is 9.84. The molecule has 2 saturated carbocycles. The minimum atomic E-state index is 0. The van der Waals surface area contributed by atoms with Gasteiger partial charge in [0.2, 0.25) is 5.91 Å². The molecule has 2 aliphatic rings. The first kappa shape index (κ1) is 20.2. The number of halogens is 1. The number of nitrogens with two attached hydrogens (primary N) is 1. The van der Waals surface area contributed by atoms with Crippen molar-refractivity contribution in [2.24, 2.45) is 23.5 Å². The van der Waals surface area contributed by atoms with E-state index >= 15 is 0 Å². The molecule has 25 heavy (non-hydrogen) atoms. The molecule has 3 rings (SSSR count). The zero-order valence-corrected chi connectivity index (χ0v) is 15.7. The van der Waals surface area contributed by atoms with Crippen LogP contribution in [0.25, 0.3) is 0 Å². The van der Waals surface area contributed by atoms with Crippen LogP contribution in [0, 0.1) is 17.8 Å². The molecule has 2 aliphatic carbocycles. The van der Waals surface area contributed by atoms with E-state index in [2.05, 4.69) is 29.6 Å².